The molecule has 1 aromatic heterocycles. The summed E-state index contributed by atoms with van der Waals surface area (Å²) in [6.45, 7) is 4.23. The maximum absolute atomic E-state index is 12.7. The molecule has 0 fully saturated rings. The topological polar surface area (TPSA) is 50.2 Å². The van der Waals surface area contributed by atoms with Crippen LogP contribution in [0.3, 0.4) is 0 Å². The zero-order valence-corrected chi connectivity index (χ0v) is 12.9. The van der Waals surface area contributed by atoms with E-state index in [1.807, 2.05) is 47.0 Å². The normalized spacial score (nSPS) is 15.4. The first-order valence-corrected chi connectivity index (χ1v) is 7.86. The van der Waals surface area contributed by atoms with Gasteiger partial charge in [-0.05, 0) is 37.5 Å². The van der Waals surface area contributed by atoms with Crippen LogP contribution in [0.15, 0.2) is 42.7 Å². The number of para-hydroxylation sites is 1. The van der Waals surface area contributed by atoms with Crippen molar-refractivity contribution in [3.63, 3.8) is 0 Å². The predicted octanol–water partition coefficient (Wildman–Crippen LogP) is 1.84. The number of hydrogen-bond donors (Lipinski definition) is 1. The molecular formula is C17H22N4O. The van der Waals surface area contributed by atoms with E-state index < -0.39 is 0 Å². The minimum absolute atomic E-state index is 0.146. The summed E-state index contributed by atoms with van der Waals surface area (Å²) >= 11 is 0. The van der Waals surface area contributed by atoms with Gasteiger partial charge < -0.3 is 10.2 Å². The summed E-state index contributed by atoms with van der Waals surface area (Å²) in [6.07, 6.45) is 5.78. The van der Waals surface area contributed by atoms with Crippen LogP contribution in [0.5, 0.6) is 0 Å². The summed E-state index contributed by atoms with van der Waals surface area (Å²) in [5.41, 5.74) is 2.34. The van der Waals surface area contributed by atoms with Crippen molar-refractivity contribution < 1.29 is 4.79 Å². The van der Waals surface area contributed by atoms with Gasteiger partial charge in [0.05, 0.1) is 12.6 Å². The smallest absolute Gasteiger partial charge is 0.243 e. The molecule has 1 aliphatic heterocycles. The lowest BCUT2D eigenvalue weighted by atomic mass is 10.0. The second-order valence-corrected chi connectivity index (χ2v) is 5.67. The largest absolute Gasteiger partial charge is 0.311 e. The molecule has 2 heterocycles. The minimum Gasteiger partial charge on any atom is -0.311 e. The van der Waals surface area contributed by atoms with Crippen LogP contribution in [0.1, 0.15) is 18.9 Å². The highest BCUT2D eigenvalue weighted by atomic mass is 16.2. The van der Waals surface area contributed by atoms with Crippen molar-refractivity contribution in [3.05, 3.63) is 48.3 Å². The molecule has 0 aliphatic carbocycles. The van der Waals surface area contributed by atoms with Crippen molar-refractivity contribution in [2.75, 3.05) is 18.0 Å². The fourth-order valence-electron chi connectivity index (χ4n) is 2.91. The molecule has 22 heavy (non-hydrogen) atoms. The van der Waals surface area contributed by atoms with Gasteiger partial charge in [0.15, 0.2) is 0 Å². The van der Waals surface area contributed by atoms with Crippen LogP contribution >= 0.6 is 0 Å². The first-order valence-electron chi connectivity index (χ1n) is 7.86. The van der Waals surface area contributed by atoms with Crippen molar-refractivity contribution in [1.82, 2.24) is 15.1 Å². The van der Waals surface area contributed by atoms with Gasteiger partial charge in [0.2, 0.25) is 5.91 Å². The fourth-order valence-corrected chi connectivity index (χ4v) is 2.91. The third-order valence-electron chi connectivity index (χ3n) is 4.10. The summed E-state index contributed by atoms with van der Waals surface area (Å²) in [4.78, 5) is 14.6. The number of carbonyl (C=O) groups excluding carboxylic acids is 1. The number of aryl methyl sites for hydroxylation is 1. The van der Waals surface area contributed by atoms with Gasteiger partial charge in [-0.3, -0.25) is 9.48 Å². The number of carbonyl (C=O) groups is 1. The number of nitrogens with zero attached hydrogens (tertiary/aromatic N) is 3. The maximum Gasteiger partial charge on any atom is 0.243 e. The molecule has 1 aliphatic rings. The number of rotatable bonds is 5. The quantitative estimate of drug-likeness (QED) is 0.916. The Kier molecular flexibility index (Phi) is 4.53. The summed E-state index contributed by atoms with van der Waals surface area (Å²) in [5, 5.41) is 7.46. The second-order valence-electron chi connectivity index (χ2n) is 5.67. The molecule has 0 radical (unpaired) electrons. The third kappa shape index (κ3) is 3.20. The van der Waals surface area contributed by atoms with Crippen LogP contribution in [0.25, 0.3) is 0 Å². The average molecular weight is 298 g/mol. The van der Waals surface area contributed by atoms with Gasteiger partial charge in [0, 0.05) is 31.2 Å². The van der Waals surface area contributed by atoms with Crippen LogP contribution < -0.4 is 10.2 Å². The maximum atomic E-state index is 12.7. The Labute approximate surface area is 130 Å². The van der Waals surface area contributed by atoms with Crippen LogP contribution in [0.4, 0.5) is 5.69 Å². The number of benzene rings is 1. The fraction of sp³-hybridized carbons (Fsp3) is 0.412. The van der Waals surface area contributed by atoms with Gasteiger partial charge in [-0.2, -0.15) is 5.10 Å². The van der Waals surface area contributed by atoms with Gasteiger partial charge in [0.25, 0.3) is 0 Å². The van der Waals surface area contributed by atoms with Gasteiger partial charge in [0.1, 0.15) is 0 Å². The van der Waals surface area contributed by atoms with Crippen molar-refractivity contribution in [2.45, 2.75) is 32.4 Å². The molecule has 1 N–H and O–H groups in total. The standard InChI is InChI=1S/C17H22N4O/c1-14(18-10-13-20-11-5-9-19-20)17(22)21-12-4-7-15-6-2-3-8-16(15)21/h2-3,5-6,8-9,11,14,18H,4,7,10,12-13H2,1H3. The van der Waals surface area contributed by atoms with E-state index in [1.54, 1.807) is 6.20 Å². The van der Waals surface area contributed by atoms with E-state index in [9.17, 15) is 4.79 Å². The zero-order valence-electron chi connectivity index (χ0n) is 12.9. The Morgan fingerprint density at radius 1 is 1.36 bits per heavy atom. The summed E-state index contributed by atoms with van der Waals surface area (Å²) < 4.78 is 1.86. The first kappa shape index (κ1) is 14.8. The van der Waals surface area contributed by atoms with Crippen molar-refractivity contribution in [1.29, 1.82) is 0 Å². The molecule has 1 aromatic carbocycles. The van der Waals surface area contributed by atoms with Crippen LogP contribution in [-0.2, 0) is 17.8 Å². The lowest BCUT2D eigenvalue weighted by Crippen LogP contribution is -2.47. The van der Waals surface area contributed by atoms with E-state index in [0.29, 0.717) is 0 Å². The minimum atomic E-state index is -0.193. The summed E-state index contributed by atoms with van der Waals surface area (Å²) in [7, 11) is 0. The molecule has 0 saturated carbocycles. The highest BCUT2D eigenvalue weighted by molar-refractivity contribution is 5.97. The van der Waals surface area contributed by atoms with Gasteiger partial charge in [-0.1, -0.05) is 18.2 Å². The molecular weight excluding hydrogens is 276 g/mol. The Morgan fingerprint density at radius 2 is 2.23 bits per heavy atom. The zero-order chi connectivity index (χ0) is 15.4. The van der Waals surface area contributed by atoms with E-state index in [1.165, 1.54) is 5.56 Å². The first-order chi connectivity index (χ1) is 10.8. The molecule has 116 valence electrons. The number of fused-ring (bicyclic) bond motifs is 1. The molecule has 5 nitrogen and oxygen atoms in total. The third-order valence-corrected chi connectivity index (χ3v) is 4.10. The van der Waals surface area contributed by atoms with E-state index in [-0.39, 0.29) is 11.9 Å². The van der Waals surface area contributed by atoms with Crippen LogP contribution in [0.2, 0.25) is 0 Å². The Balaban J connectivity index is 1.59. The molecule has 2 aromatic rings. The second kappa shape index (κ2) is 6.75. The number of nitrogens with one attached hydrogen (secondary N) is 1. The molecule has 1 atom stereocenters. The van der Waals surface area contributed by atoms with E-state index >= 15 is 0 Å². The summed E-state index contributed by atoms with van der Waals surface area (Å²) in [5.74, 6) is 0.146. The van der Waals surface area contributed by atoms with Crippen molar-refractivity contribution in [3.8, 4) is 0 Å². The molecule has 0 bridgehead atoms. The van der Waals surface area contributed by atoms with Gasteiger partial charge >= 0.3 is 0 Å². The predicted molar refractivity (Wildman–Crippen MR) is 86.8 cm³/mol. The number of aromatic nitrogens is 2. The Hall–Kier alpha value is -2.14. The molecule has 0 spiro atoms. The Morgan fingerprint density at radius 3 is 3.05 bits per heavy atom. The van der Waals surface area contributed by atoms with E-state index in [2.05, 4.69) is 16.5 Å². The number of hydrogen-bond acceptors (Lipinski definition) is 3. The van der Waals surface area contributed by atoms with Gasteiger partial charge in [-0.15, -0.1) is 0 Å². The lowest BCUT2D eigenvalue weighted by Gasteiger charge is -2.31. The molecule has 0 saturated heterocycles. The number of amides is 1. The lowest BCUT2D eigenvalue weighted by molar-refractivity contribution is -0.120. The monoisotopic (exact) mass is 298 g/mol. The van der Waals surface area contributed by atoms with Crippen molar-refractivity contribution >= 4 is 11.6 Å². The summed E-state index contributed by atoms with van der Waals surface area (Å²) in [6, 6.07) is 9.91. The highest BCUT2D eigenvalue weighted by Crippen LogP contribution is 2.27. The van der Waals surface area contributed by atoms with E-state index in [0.717, 1.165) is 38.2 Å². The highest BCUT2D eigenvalue weighted by Gasteiger charge is 2.25. The van der Waals surface area contributed by atoms with Crippen molar-refractivity contribution in [2.24, 2.45) is 0 Å². The van der Waals surface area contributed by atoms with Crippen LogP contribution in [0, 0.1) is 0 Å². The molecule has 1 unspecified atom stereocenters. The molecule has 1 amide bonds. The SMILES string of the molecule is CC(NCCn1cccn1)C(=O)N1CCCc2ccccc21. The Bertz CT molecular complexity index is 623. The number of anilines is 1. The van der Waals surface area contributed by atoms with E-state index in [4.69, 9.17) is 0 Å². The van der Waals surface area contributed by atoms with Gasteiger partial charge in [-0.25, -0.2) is 0 Å². The molecule has 5 heteroatoms. The van der Waals surface area contributed by atoms with Crippen LogP contribution in [-0.4, -0.2) is 34.8 Å². The molecule has 3 rings (SSSR count). The average Bonchev–Trinajstić information content (AvgIpc) is 3.07.